The van der Waals surface area contributed by atoms with Crippen LogP contribution in [0.25, 0.3) is 0 Å². The Kier molecular flexibility index (Phi) is 4.31. The standard InChI is InChI=1S/C11H15BrN4S/c1-3-13-10(11-9(12)4-5-17-11)6-8-7-16(2)15-14-8/h4-5,7,10,13H,3,6H2,1-2H3. The molecule has 0 aliphatic rings. The van der Waals surface area contributed by atoms with E-state index in [9.17, 15) is 0 Å². The first kappa shape index (κ1) is 12.7. The zero-order chi connectivity index (χ0) is 12.3. The molecule has 0 aliphatic carbocycles. The highest BCUT2D eigenvalue weighted by Crippen LogP contribution is 2.30. The SMILES string of the molecule is CCNC(Cc1cn(C)nn1)c1sccc1Br. The van der Waals surface area contributed by atoms with E-state index in [2.05, 4.69) is 49.9 Å². The smallest absolute Gasteiger partial charge is 0.0846 e. The number of hydrogen-bond donors (Lipinski definition) is 1. The maximum Gasteiger partial charge on any atom is 0.0846 e. The van der Waals surface area contributed by atoms with Crippen molar-refractivity contribution in [2.45, 2.75) is 19.4 Å². The fourth-order valence-corrected chi connectivity index (χ4v) is 3.48. The van der Waals surface area contributed by atoms with Crippen molar-refractivity contribution in [3.8, 4) is 0 Å². The van der Waals surface area contributed by atoms with Gasteiger partial charge in [0.25, 0.3) is 0 Å². The van der Waals surface area contributed by atoms with Gasteiger partial charge < -0.3 is 5.32 Å². The van der Waals surface area contributed by atoms with Gasteiger partial charge in [-0.15, -0.1) is 16.4 Å². The van der Waals surface area contributed by atoms with Crippen molar-refractivity contribution in [2.24, 2.45) is 7.05 Å². The van der Waals surface area contributed by atoms with Crippen LogP contribution < -0.4 is 5.32 Å². The normalized spacial score (nSPS) is 12.9. The Bertz CT molecular complexity index is 479. The van der Waals surface area contributed by atoms with E-state index in [0.29, 0.717) is 6.04 Å². The number of hydrogen-bond acceptors (Lipinski definition) is 4. The first-order chi connectivity index (χ1) is 8.20. The van der Waals surface area contributed by atoms with Crippen LogP contribution >= 0.6 is 27.3 Å². The molecule has 1 unspecified atom stereocenters. The van der Waals surface area contributed by atoms with E-state index in [4.69, 9.17) is 0 Å². The van der Waals surface area contributed by atoms with Crippen molar-refractivity contribution in [3.63, 3.8) is 0 Å². The van der Waals surface area contributed by atoms with Crippen molar-refractivity contribution in [2.75, 3.05) is 6.54 Å². The van der Waals surface area contributed by atoms with Gasteiger partial charge in [-0.05, 0) is 33.9 Å². The average molecular weight is 315 g/mol. The Balaban J connectivity index is 2.15. The summed E-state index contributed by atoms with van der Waals surface area (Å²) >= 11 is 5.34. The lowest BCUT2D eigenvalue weighted by Gasteiger charge is -2.15. The lowest BCUT2D eigenvalue weighted by Crippen LogP contribution is -2.22. The molecule has 0 fully saturated rings. The maximum absolute atomic E-state index is 4.14. The summed E-state index contributed by atoms with van der Waals surface area (Å²) in [6, 6.07) is 2.38. The zero-order valence-corrected chi connectivity index (χ0v) is 12.3. The predicted molar refractivity (Wildman–Crippen MR) is 73.1 cm³/mol. The fourth-order valence-electron chi connectivity index (χ4n) is 1.76. The highest BCUT2D eigenvalue weighted by Gasteiger charge is 2.16. The third-order valence-corrected chi connectivity index (χ3v) is 4.46. The quantitative estimate of drug-likeness (QED) is 0.922. The highest BCUT2D eigenvalue weighted by atomic mass is 79.9. The van der Waals surface area contributed by atoms with Crippen LogP contribution in [0, 0.1) is 0 Å². The van der Waals surface area contributed by atoms with Gasteiger partial charge in [-0.1, -0.05) is 12.1 Å². The Morgan fingerprint density at radius 1 is 1.59 bits per heavy atom. The Morgan fingerprint density at radius 2 is 2.41 bits per heavy atom. The summed E-state index contributed by atoms with van der Waals surface area (Å²) in [7, 11) is 1.89. The number of nitrogens with one attached hydrogen (secondary N) is 1. The summed E-state index contributed by atoms with van der Waals surface area (Å²) < 4.78 is 2.90. The zero-order valence-electron chi connectivity index (χ0n) is 9.85. The third-order valence-electron chi connectivity index (χ3n) is 2.48. The monoisotopic (exact) mass is 314 g/mol. The summed E-state index contributed by atoms with van der Waals surface area (Å²) in [6.45, 7) is 3.06. The van der Waals surface area contributed by atoms with Crippen LogP contribution in [-0.4, -0.2) is 21.5 Å². The molecule has 2 aromatic rings. The van der Waals surface area contributed by atoms with Gasteiger partial charge in [-0.2, -0.15) is 0 Å². The summed E-state index contributed by atoms with van der Waals surface area (Å²) in [6.07, 6.45) is 2.83. The van der Waals surface area contributed by atoms with Gasteiger partial charge in [-0.3, -0.25) is 4.68 Å². The second-order valence-corrected chi connectivity index (χ2v) is 5.63. The van der Waals surface area contributed by atoms with Gasteiger partial charge in [-0.25, -0.2) is 0 Å². The minimum Gasteiger partial charge on any atom is -0.309 e. The van der Waals surface area contributed by atoms with Crippen LogP contribution in [0.15, 0.2) is 22.1 Å². The third kappa shape index (κ3) is 3.14. The van der Waals surface area contributed by atoms with Gasteiger partial charge in [0.1, 0.15) is 0 Å². The Morgan fingerprint density at radius 3 is 2.94 bits per heavy atom. The molecule has 2 rings (SSSR count). The molecule has 0 spiro atoms. The second kappa shape index (κ2) is 5.75. The van der Waals surface area contributed by atoms with Crippen molar-refractivity contribution in [3.05, 3.63) is 32.7 Å². The van der Waals surface area contributed by atoms with Crippen molar-refractivity contribution in [1.82, 2.24) is 20.3 Å². The largest absolute Gasteiger partial charge is 0.309 e. The molecule has 6 heteroatoms. The van der Waals surface area contributed by atoms with E-state index < -0.39 is 0 Å². The topological polar surface area (TPSA) is 42.7 Å². The summed E-state index contributed by atoms with van der Waals surface area (Å²) in [4.78, 5) is 1.32. The number of thiophene rings is 1. The van der Waals surface area contributed by atoms with Crippen LogP contribution in [0.5, 0.6) is 0 Å². The van der Waals surface area contributed by atoms with Gasteiger partial charge in [0.15, 0.2) is 0 Å². The van der Waals surface area contributed by atoms with Crippen molar-refractivity contribution < 1.29 is 0 Å². The number of aromatic nitrogens is 3. The molecule has 2 aromatic heterocycles. The first-order valence-corrected chi connectivity index (χ1v) is 7.19. The van der Waals surface area contributed by atoms with E-state index in [-0.39, 0.29) is 0 Å². The minimum atomic E-state index is 0.297. The fraction of sp³-hybridized carbons (Fsp3) is 0.455. The van der Waals surface area contributed by atoms with E-state index in [1.54, 1.807) is 16.0 Å². The number of aryl methyl sites for hydroxylation is 1. The van der Waals surface area contributed by atoms with Crippen LogP contribution in [0.2, 0.25) is 0 Å². The second-order valence-electron chi connectivity index (χ2n) is 3.83. The van der Waals surface area contributed by atoms with Crippen molar-refractivity contribution in [1.29, 1.82) is 0 Å². The van der Waals surface area contributed by atoms with Gasteiger partial charge in [0.05, 0.1) is 5.69 Å². The average Bonchev–Trinajstić information content (AvgIpc) is 2.87. The summed E-state index contributed by atoms with van der Waals surface area (Å²) in [5, 5.41) is 13.7. The number of likely N-dealkylation sites (N-methyl/N-ethyl adjacent to an activating group) is 1. The molecule has 4 nitrogen and oxygen atoms in total. The molecular weight excluding hydrogens is 300 g/mol. The first-order valence-electron chi connectivity index (χ1n) is 5.52. The number of nitrogens with zero attached hydrogens (tertiary/aromatic N) is 3. The minimum absolute atomic E-state index is 0.297. The molecule has 2 heterocycles. The predicted octanol–water partition coefficient (Wildman–Crippen LogP) is 2.53. The van der Waals surface area contributed by atoms with Crippen LogP contribution in [0.4, 0.5) is 0 Å². The molecule has 0 aliphatic heterocycles. The summed E-state index contributed by atoms with van der Waals surface area (Å²) in [5.41, 5.74) is 1.01. The van der Waals surface area contributed by atoms with E-state index in [0.717, 1.165) is 23.1 Å². The van der Waals surface area contributed by atoms with Gasteiger partial charge in [0.2, 0.25) is 0 Å². The van der Waals surface area contributed by atoms with E-state index in [1.165, 1.54) is 4.88 Å². The molecule has 92 valence electrons. The summed E-state index contributed by atoms with van der Waals surface area (Å²) in [5.74, 6) is 0. The number of halogens is 1. The lowest BCUT2D eigenvalue weighted by molar-refractivity contribution is 0.550. The maximum atomic E-state index is 4.14. The van der Waals surface area contributed by atoms with E-state index >= 15 is 0 Å². The van der Waals surface area contributed by atoms with E-state index in [1.807, 2.05) is 13.2 Å². The molecule has 0 radical (unpaired) electrons. The number of rotatable bonds is 5. The molecule has 17 heavy (non-hydrogen) atoms. The van der Waals surface area contributed by atoms with Gasteiger partial charge in [0, 0.05) is 35.1 Å². The molecule has 0 saturated heterocycles. The van der Waals surface area contributed by atoms with Crippen molar-refractivity contribution >= 4 is 27.3 Å². The van der Waals surface area contributed by atoms with Crippen LogP contribution in [0.3, 0.4) is 0 Å². The lowest BCUT2D eigenvalue weighted by atomic mass is 10.1. The molecule has 1 N–H and O–H groups in total. The Labute approximate surface area is 113 Å². The molecule has 0 amide bonds. The van der Waals surface area contributed by atoms with Crippen LogP contribution in [-0.2, 0) is 13.5 Å². The molecule has 1 atom stereocenters. The molecule has 0 aromatic carbocycles. The van der Waals surface area contributed by atoms with Gasteiger partial charge >= 0.3 is 0 Å². The Hall–Kier alpha value is -0.720. The molecular formula is C11H15BrN4S. The molecule has 0 saturated carbocycles. The van der Waals surface area contributed by atoms with Crippen LogP contribution in [0.1, 0.15) is 23.5 Å². The highest BCUT2D eigenvalue weighted by molar-refractivity contribution is 9.10. The molecule has 0 bridgehead atoms.